The molecule has 1 atom stereocenters. The van der Waals surface area contributed by atoms with Gasteiger partial charge in [-0.1, -0.05) is 51.0 Å². The first-order valence-corrected chi connectivity index (χ1v) is 7.91. The highest BCUT2D eigenvalue weighted by Gasteiger charge is 2.24. The highest BCUT2D eigenvalue weighted by molar-refractivity contribution is 5.26. The largest absolute Gasteiger partial charge is 0.390 e. The van der Waals surface area contributed by atoms with Crippen molar-refractivity contribution in [2.45, 2.75) is 70.5 Å². The third kappa shape index (κ3) is 5.87. The monoisotopic (exact) mass is 289 g/mol. The molecule has 116 valence electrons. The molecule has 3 nitrogen and oxygen atoms in total. The van der Waals surface area contributed by atoms with Gasteiger partial charge in [0.25, 0.3) is 0 Å². The summed E-state index contributed by atoms with van der Waals surface area (Å²) in [6, 6.07) is 9.69. The fourth-order valence-electron chi connectivity index (χ4n) is 2.84. The molecule has 0 bridgehead atoms. The van der Waals surface area contributed by atoms with Gasteiger partial charge in [-0.05, 0) is 36.8 Å². The standard InChI is InChI=1S/C18H27NO2/c1-3-10-18(21,11-4-2)12-8-15-6-5-7-16(14-15)17(20)9-13-19/h5-7,14,17,20-21H,3-4,8-12H2,1-2H3. The number of benzene rings is 1. The number of nitrogens with zero attached hydrogens (tertiary/aromatic N) is 1. The Balaban J connectivity index is 2.70. The number of hydrogen-bond acceptors (Lipinski definition) is 3. The molecule has 0 fully saturated rings. The summed E-state index contributed by atoms with van der Waals surface area (Å²) in [5.41, 5.74) is 1.31. The molecule has 0 radical (unpaired) electrons. The Kier molecular flexibility index (Phi) is 7.42. The van der Waals surface area contributed by atoms with Gasteiger partial charge < -0.3 is 10.2 Å². The fourth-order valence-corrected chi connectivity index (χ4v) is 2.84. The lowest BCUT2D eigenvalue weighted by atomic mass is 9.86. The van der Waals surface area contributed by atoms with Crippen molar-refractivity contribution < 1.29 is 10.2 Å². The summed E-state index contributed by atoms with van der Waals surface area (Å²) >= 11 is 0. The molecule has 1 aromatic carbocycles. The van der Waals surface area contributed by atoms with Gasteiger partial charge in [0.1, 0.15) is 0 Å². The SMILES string of the molecule is CCCC(O)(CCC)CCc1cccc(C(O)CC#N)c1. The van der Waals surface area contributed by atoms with Crippen molar-refractivity contribution in [3.63, 3.8) is 0 Å². The highest BCUT2D eigenvalue weighted by Crippen LogP contribution is 2.26. The number of aryl methyl sites for hydroxylation is 1. The summed E-state index contributed by atoms with van der Waals surface area (Å²) in [5.74, 6) is 0. The quantitative estimate of drug-likeness (QED) is 0.724. The van der Waals surface area contributed by atoms with E-state index in [0.29, 0.717) is 0 Å². The van der Waals surface area contributed by atoms with Crippen LogP contribution in [0.3, 0.4) is 0 Å². The molecular formula is C18H27NO2. The van der Waals surface area contributed by atoms with E-state index in [1.807, 2.05) is 30.3 Å². The predicted molar refractivity (Wildman–Crippen MR) is 84.7 cm³/mol. The van der Waals surface area contributed by atoms with Crippen LogP contribution in [0.25, 0.3) is 0 Å². The van der Waals surface area contributed by atoms with Crippen LogP contribution < -0.4 is 0 Å². The van der Waals surface area contributed by atoms with Gasteiger partial charge in [-0.2, -0.15) is 5.26 Å². The average Bonchev–Trinajstić information content (AvgIpc) is 2.46. The lowest BCUT2D eigenvalue weighted by Gasteiger charge is -2.27. The molecule has 0 saturated carbocycles. The first-order valence-electron chi connectivity index (χ1n) is 7.91. The van der Waals surface area contributed by atoms with E-state index in [2.05, 4.69) is 13.8 Å². The van der Waals surface area contributed by atoms with Gasteiger partial charge in [-0.25, -0.2) is 0 Å². The maximum Gasteiger partial charge on any atom is 0.0920 e. The number of nitriles is 1. The Morgan fingerprint density at radius 3 is 2.43 bits per heavy atom. The Bertz CT molecular complexity index is 459. The van der Waals surface area contributed by atoms with Gasteiger partial charge in [0.15, 0.2) is 0 Å². The summed E-state index contributed by atoms with van der Waals surface area (Å²) in [5, 5.41) is 29.2. The zero-order valence-corrected chi connectivity index (χ0v) is 13.2. The van der Waals surface area contributed by atoms with Gasteiger partial charge >= 0.3 is 0 Å². The first-order chi connectivity index (χ1) is 10.0. The van der Waals surface area contributed by atoms with Crippen molar-refractivity contribution in [2.75, 3.05) is 0 Å². The van der Waals surface area contributed by atoms with Crippen molar-refractivity contribution >= 4 is 0 Å². The topological polar surface area (TPSA) is 64.2 Å². The van der Waals surface area contributed by atoms with E-state index in [0.717, 1.165) is 49.7 Å². The van der Waals surface area contributed by atoms with Crippen LogP contribution >= 0.6 is 0 Å². The number of aliphatic hydroxyl groups excluding tert-OH is 1. The van der Waals surface area contributed by atoms with Gasteiger partial charge in [0.05, 0.1) is 24.2 Å². The maximum absolute atomic E-state index is 10.6. The van der Waals surface area contributed by atoms with Crippen LogP contribution in [0.2, 0.25) is 0 Å². The molecule has 0 aliphatic heterocycles. The molecule has 1 aromatic rings. The molecule has 0 spiro atoms. The Morgan fingerprint density at radius 2 is 1.86 bits per heavy atom. The van der Waals surface area contributed by atoms with E-state index in [9.17, 15) is 10.2 Å². The van der Waals surface area contributed by atoms with Gasteiger partial charge in [-0.3, -0.25) is 0 Å². The van der Waals surface area contributed by atoms with Gasteiger partial charge in [-0.15, -0.1) is 0 Å². The summed E-state index contributed by atoms with van der Waals surface area (Å²) in [7, 11) is 0. The molecule has 0 saturated heterocycles. The zero-order valence-electron chi connectivity index (χ0n) is 13.2. The average molecular weight is 289 g/mol. The molecule has 3 heteroatoms. The Morgan fingerprint density at radius 1 is 1.19 bits per heavy atom. The lowest BCUT2D eigenvalue weighted by Crippen LogP contribution is -2.28. The molecule has 1 unspecified atom stereocenters. The molecule has 21 heavy (non-hydrogen) atoms. The van der Waals surface area contributed by atoms with Crippen LogP contribution in [0.5, 0.6) is 0 Å². The van der Waals surface area contributed by atoms with E-state index in [4.69, 9.17) is 5.26 Å². The zero-order chi connectivity index (χ0) is 15.7. The smallest absolute Gasteiger partial charge is 0.0920 e. The van der Waals surface area contributed by atoms with Crippen molar-refractivity contribution in [2.24, 2.45) is 0 Å². The minimum absolute atomic E-state index is 0.110. The molecule has 2 N–H and O–H groups in total. The van der Waals surface area contributed by atoms with E-state index in [1.165, 1.54) is 0 Å². The third-order valence-electron chi connectivity index (χ3n) is 3.93. The van der Waals surface area contributed by atoms with Gasteiger partial charge in [0, 0.05) is 0 Å². The molecule has 0 amide bonds. The molecule has 0 aliphatic rings. The van der Waals surface area contributed by atoms with Crippen molar-refractivity contribution in [3.05, 3.63) is 35.4 Å². The number of hydrogen-bond donors (Lipinski definition) is 2. The predicted octanol–water partition coefficient (Wildman–Crippen LogP) is 3.90. The van der Waals surface area contributed by atoms with Crippen molar-refractivity contribution in [1.82, 2.24) is 0 Å². The summed E-state index contributed by atoms with van der Waals surface area (Å²) in [4.78, 5) is 0. The van der Waals surface area contributed by atoms with E-state index < -0.39 is 11.7 Å². The minimum atomic E-state index is -0.722. The summed E-state index contributed by atoms with van der Waals surface area (Å²) in [6.45, 7) is 4.19. The van der Waals surface area contributed by atoms with Gasteiger partial charge in [0.2, 0.25) is 0 Å². The van der Waals surface area contributed by atoms with E-state index in [-0.39, 0.29) is 6.42 Å². The maximum atomic E-state index is 10.6. The minimum Gasteiger partial charge on any atom is -0.390 e. The molecule has 0 heterocycles. The second-order valence-corrected chi connectivity index (χ2v) is 5.85. The Labute approximate surface area is 128 Å². The normalized spacial score (nSPS) is 12.9. The second kappa shape index (κ2) is 8.81. The van der Waals surface area contributed by atoms with Crippen LogP contribution in [0.1, 0.15) is 69.6 Å². The van der Waals surface area contributed by atoms with Crippen LogP contribution in [-0.4, -0.2) is 15.8 Å². The summed E-state index contributed by atoms with van der Waals surface area (Å²) < 4.78 is 0. The van der Waals surface area contributed by atoms with E-state index in [1.54, 1.807) is 0 Å². The summed E-state index contributed by atoms with van der Waals surface area (Å²) in [6.07, 6.45) is 4.55. The Hall–Kier alpha value is -1.37. The van der Waals surface area contributed by atoms with Crippen LogP contribution in [0, 0.1) is 11.3 Å². The highest BCUT2D eigenvalue weighted by atomic mass is 16.3. The molecule has 0 aliphatic carbocycles. The van der Waals surface area contributed by atoms with Crippen LogP contribution in [-0.2, 0) is 6.42 Å². The molecule has 1 rings (SSSR count). The number of aliphatic hydroxyl groups is 2. The van der Waals surface area contributed by atoms with Crippen molar-refractivity contribution in [1.29, 1.82) is 5.26 Å². The van der Waals surface area contributed by atoms with Crippen LogP contribution in [0.15, 0.2) is 24.3 Å². The molecule has 0 aromatic heterocycles. The lowest BCUT2D eigenvalue weighted by molar-refractivity contribution is 0.0132. The second-order valence-electron chi connectivity index (χ2n) is 5.85. The number of rotatable bonds is 9. The fraction of sp³-hybridized carbons (Fsp3) is 0.611. The molecular weight excluding hydrogens is 262 g/mol. The third-order valence-corrected chi connectivity index (χ3v) is 3.93. The van der Waals surface area contributed by atoms with Crippen LogP contribution in [0.4, 0.5) is 0 Å². The van der Waals surface area contributed by atoms with Crippen molar-refractivity contribution in [3.8, 4) is 6.07 Å². The first kappa shape index (κ1) is 17.7. The van der Waals surface area contributed by atoms with E-state index >= 15 is 0 Å².